The van der Waals surface area contributed by atoms with Crippen molar-refractivity contribution in [2.75, 3.05) is 0 Å². The van der Waals surface area contributed by atoms with Crippen molar-refractivity contribution < 1.29 is 10.2 Å². The Morgan fingerprint density at radius 1 is 0.905 bits per heavy atom. The average molecular weight is 284 g/mol. The van der Waals surface area contributed by atoms with Gasteiger partial charge in [0.2, 0.25) is 0 Å². The number of rotatable bonds is 6. The second-order valence-electron chi connectivity index (χ2n) is 5.51. The van der Waals surface area contributed by atoms with Crippen LogP contribution in [0.3, 0.4) is 0 Å². The van der Waals surface area contributed by atoms with Crippen molar-refractivity contribution in [1.29, 1.82) is 0 Å². The fourth-order valence-corrected chi connectivity index (χ4v) is 2.88. The van der Waals surface area contributed by atoms with Crippen molar-refractivity contribution in [1.82, 2.24) is 0 Å². The molecule has 0 heterocycles. The lowest BCUT2D eigenvalue weighted by Crippen LogP contribution is -2.00. The van der Waals surface area contributed by atoms with Gasteiger partial charge in [-0.3, -0.25) is 0 Å². The first-order chi connectivity index (χ1) is 10.2. The number of para-hydroxylation sites is 1. The summed E-state index contributed by atoms with van der Waals surface area (Å²) >= 11 is 0. The van der Waals surface area contributed by atoms with Crippen molar-refractivity contribution in [2.45, 2.75) is 45.4 Å². The van der Waals surface area contributed by atoms with Crippen LogP contribution in [-0.2, 0) is 0 Å². The molecular formula is C19H24O2. The molecule has 0 saturated heterocycles. The van der Waals surface area contributed by atoms with Crippen LogP contribution in [0.2, 0.25) is 0 Å². The van der Waals surface area contributed by atoms with E-state index in [1.165, 1.54) is 24.5 Å². The molecule has 1 atom stereocenters. The van der Waals surface area contributed by atoms with E-state index in [1.54, 1.807) is 6.07 Å². The lowest BCUT2D eigenvalue weighted by molar-refractivity contribution is 0.405. The zero-order chi connectivity index (χ0) is 15.2. The Labute approximate surface area is 127 Å². The molecule has 2 rings (SSSR count). The van der Waals surface area contributed by atoms with Crippen LogP contribution in [0.1, 0.15) is 51.0 Å². The molecule has 0 spiro atoms. The molecular weight excluding hydrogens is 260 g/mol. The number of hydrogen-bond donors (Lipinski definition) is 2. The van der Waals surface area contributed by atoms with Gasteiger partial charge in [0, 0.05) is 5.56 Å². The van der Waals surface area contributed by atoms with Crippen molar-refractivity contribution in [3.05, 3.63) is 48.0 Å². The summed E-state index contributed by atoms with van der Waals surface area (Å²) < 4.78 is 0. The second kappa shape index (κ2) is 7.16. The first kappa shape index (κ1) is 15.4. The van der Waals surface area contributed by atoms with E-state index in [-0.39, 0.29) is 11.5 Å². The summed E-state index contributed by atoms with van der Waals surface area (Å²) in [6, 6.07) is 13.3. The SMILES string of the molecule is CCCCC(CC)c1ccccc1-c1cccc(O)c1O. The van der Waals surface area contributed by atoms with Crippen molar-refractivity contribution >= 4 is 0 Å². The quantitative estimate of drug-likeness (QED) is 0.692. The molecule has 0 aliphatic rings. The zero-order valence-corrected chi connectivity index (χ0v) is 12.8. The minimum Gasteiger partial charge on any atom is -0.504 e. The first-order valence-electron chi connectivity index (χ1n) is 7.79. The number of aromatic hydroxyl groups is 2. The molecule has 2 aromatic rings. The fraction of sp³-hybridized carbons (Fsp3) is 0.368. The van der Waals surface area contributed by atoms with Gasteiger partial charge in [-0.25, -0.2) is 0 Å². The number of hydrogen-bond acceptors (Lipinski definition) is 2. The molecule has 2 aromatic carbocycles. The number of phenols is 2. The van der Waals surface area contributed by atoms with Gasteiger partial charge in [0.1, 0.15) is 0 Å². The van der Waals surface area contributed by atoms with Gasteiger partial charge in [-0.15, -0.1) is 0 Å². The van der Waals surface area contributed by atoms with E-state index in [9.17, 15) is 10.2 Å². The van der Waals surface area contributed by atoms with E-state index in [2.05, 4.69) is 19.9 Å². The van der Waals surface area contributed by atoms with E-state index in [4.69, 9.17) is 0 Å². The highest BCUT2D eigenvalue weighted by atomic mass is 16.3. The van der Waals surface area contributed by atoms with Gasteiger partial charge in [0.15, 0.2) is 11.5 Å². The monoisotopic (exact) mass is 284 g/mol. The van der Waals surface area contributed by atoms with Crippen molar-refractivity contribution in [3.63, 3.8) is 0 Å². The van der Waals surface area contributed by atoms with Crippen LogP contribution in [0.25, 0.3) is 11.1 Å². The summed E-state index contributed by atoms with van der Waals surface area (Å²) in [7, 11) is 0. The van der Waals surface area contributed by atoms with Crippen LogP contribution in [0.4, 0.5) is 0 Å². The fourth-order valence-electron chi connectivity index (χ4n) is 2.88. The number of unbranched alkanes of at least 4 members (excludes halogenated alkanes) is 1. The maximum absolute atomic E-state index is 10.2. The van der Waals surface area contributed by atoms with E-state index in [0.717, 1.165) is 18.4 Å². The molecule has 0 aliphatic heterocycles. The zero-order valence-electron chi connectivity index (χ0n) is 12.8. The molecule has 0 fully saturated rings. The largest absolute Gasteiger partial charge is 0.504 e. The predicted octanol–water partition coefficient (Wildman–Crippen LogP) is 5.45. The van der Waals surface area contributed by atoms with Crippen LogP contribution in [-0.4, -0.2) is 10.2 Å². The number of benzene rings is 2. The van der Waals surface area contributed by atoms with Gasteiger partial charge in [-0.1, -0.05) is 63.1 Å². The Morgan fingerprint density at radius 2 is 1.62 bits per heavy atom. The Hall–Kier alpha value is -1.96. The molecule has 0 saturated carbocycles. The van der Waals surface area contributed by atoms with Crippen molar-refractivity contribution in [3.8, 4) is 22.6 Å². The van der Waals surface area contributed by atoms with Gasteiger partial charge in [0.05, 0.1) is 0 Å². The summed E-state index contributed by atoms with van der Waals surface area (Å²) in [5.74, 6) is 0.391. The van der Waals surface area contributed by atoms with Gasteiger partial charge in [-0.05, 0) is 36.0 Å². The maximum Gasteiger partial charge on any atom is 0.165 e. The summed E-state index contributed by atoms with van der Waals surface area (Å²) in [5.41, 5.74) is 2.99. The third-order valence-electron chi connectivity index (χ3n) is 4.10. The van der Waals surface area contributed by atoms with E-state index in [0.29, 0.717) is 11.5 Å². The maximum atomic E-state index is 10.2. The Bertz CT molecular complexity index is 590. The molecule has 112 valence electrons. The van der Waals surface area contributed by atoms with Crippen LogP contribution >= 0.6 is 0 Å². The van der Waals surface area contributed by atoms with Gasteiger partial charge in [-0.2, -0.15) is 0 Å². The second-order valence-corrected chi connectivity index (χ2v) is 5.51. The predicted molar refractivity (Wildman–Crippen MR) is 87.8 cm³/mol. The lowest BCUT2D eigenvalue weighted by Gasteiger charge is -2.20. The highest BCUT2D eigenvalue weighted by Crippen LogP contribution is 2.41. The summed E-state index contributed by atoms with van der Waals surface area (Å²) in [4.78, 5) is 0. The third-order valence-corrected chi connectivity index (χ3v) is 4.10. The van der Waals surface area contributed by atoms with E-state index < -0.39 is 0 Å². The van der Waals surface area contributed by atoms with E-state index >= 15 is 0 Å². The van der Waals surface area contributed by atoms with Crippen LogP contribution in [0.5, 0.6) is 11.5 Å². The summed E-state index contributed by atoms with van der Waals surface area (Å²) in [6.45, 7) is 4.42. The van der Waals surface area contributed by atoms with Gasteiger partial charge >= 0.3 is 0 Å². The molecule has 1 unspecified atom stereocenters. The molecule has 0 aromatic heterocycles. The third kappa shape index (κ3) is 3.38. The smallest absolute Gasteiger partial charge is 0.165 e. The van der Waals surface area contributed by atoms with Crippen LogP contribution in [0.15, 0.2) is 42.5 Å². The van der Waals surface area contributed by atoms with Crippen LogP contribution < -0.4 is 0 Å². The van der Waals surface area contributed by atoms with Gasteiger partial charge in [0.25, 0.3) is 0 Å². The normalized spacial score (nSPS) is 12.3. The molecule has 2 nitrogen and oxygen atoms in total. The molecule has 0 amide bonds. The topological polar surface area (TPSA) is 40.5 Å². The Kier molecular flexibility index (Phi) is 5.26. The van der Waals surface area contributed by atoms with Crippen molar-refractivity contribution in [2.24, 2.45) is 0 Å². The molecule has 0 bridgehead atoms. The number of phenolic OH excluding ortho intramolecular Hbond substituents is 2. The highest BCUT2D eigenvalue weighted by molar-refractivity contribution is 5.76. The molecule has 2 N–H and O–H groups in total. The molecule has 0 aliphatic carbocycles. The molecule has 0 radical (unpaired) electrons. The van der Waals surface area contributed by atoms with Crippen LogP contribution in [0, 0.1) is 0 Å². The minimum atomic E-state index is -0.0658. The first-order valence-corrected chi connectivity index (χ1v) is 7.79. The van der Waals surface area contributed by atoms with E-state index in [1.807, 2.05) is 24.3 Å². The Morgan fingerprint density at radius 3 is 2.33 bits per heavy atom. The highest BCUT2D eigenvalue weighted by Gasteiger charge is 2.17. The lowest BCUT2D eigenvalue weighted by atomic mass is 9.85. The summed E-state index contributed by atoms with van der Waals surface area (Å²) in [6.07, 6.45) is 4.63. The molecule has 21 heavy (non-hydrogen) atoms. The standard InChI is InChI=1S/C19H24O2/c1-3-5-9-14(4-2)15-10-6-7-11-16(15)17-12-8-13-18(20)19(17)21/h6-8,10-14,20-21H,3-5,9H2,1-2H3. The van der Waals surface area contributed by atoms with Gasteiger partial charge < -0.3 is 10.2 Å². The summed E-state index contributed by atoms with van der Waals surface area (Å²) in [5, 5.41) is 19.9. The average Bonchev–Trinajstić information content (AvgIpc) is 2.51. The molecule has 2 heteroatoms. The Balaban J connectivity index is 2.47. The minimum absolute atomic E-state index is 0.0321.